The molecule has 2 aromatic rings. The molecule has 0 aromatic heterocycles. The highest BCUT2D eigenvalue weighted by atomic mass is 16.2. The van der Waals surface area contributed by atoms with Crippen molar-refractivity contribution in [2.45, 2.75) is 6.42 Å². The molecule has 7 heteroatoms. The van der Waals surface area contributed by atoms with E-state index in [1.165, 1.54) is 0 Å². The minimum Gasteiger partial charge on any atom is -0.325 e. The van der Waals surface area contributed by atoms with Crippen molar-refractivity contribution in [3.63, 3.8) is 0 Å². The first-order valence-corrected chi connectivity index (χ1v) is 10.0. The number of allylic oxidation sites excluding steroid dienone is 2. The lowest BCUT2D eigenvalue weighted by molar-refractivity contribution is -0.143. The molecule has 2 aliphatic carbocycles. The minimum atomic E-state index is -0.393. The van der Waals surface area contributed by atoms with Gasteiger partial charge in [-0.05, 0) is 54.7 Å². The van der Waals surface area contributed by atoms with Crippen molar-refractivity contribution in [2.75, 3.05) is 11.9 Å². The van der Waals surface area contributed by atoms with Gasteiger partial charge in [-0.2, -0.15) is 10.2 Å². The summed E-state index contributed by atoms with van der Waals surface area (Å²) < 4.78 is 0. The number of amides is 3. The van der Waals surface area contributed by atoms with Gasteiger partial charge in [0.05, 0.1) is 23.2 Å². The van der Waals surface area contributed by atoms with Crippen LogP contribution in [0.1, 0.15) is 6.42 Å². The molecule has 7 nitrogen and oxygen atoms in total. The number of imide groups is 1. The average molecular weight is 400 g/mol. The summed E-state index contributed by atoms with van der Waals surface area (Å²) in [6.45, 7) is -0.250. The van der Waals surface area contributed by atoms with Crippen molar-refractivity contribution in [1.29, 1.82) is 0 Å². The lowest BCUT2D eigenvalue weighted by atomic mass is 9.85. The van der Waals surface area contributed by atoms with E-state index in [0.717, 1.165) is 17.0 Å². The molecule has 0 spiro atoms. The van der Waals surface area contributed by atoms with Gasteiger partial charge in [0.1, 0.15) is 6.54 Å². The monoisotopic (exact) mass is 400 g/mol. The molecular formula is C23H20N4O3. The highest BCUT2D eigenvalue weighted by Gasteiger charge is 2.59. The van der Waals surface area contributed by atoms with Crippen molar-refractivity contribution in [3.8, 4) is 0 Å². The summed E-state index contributed by atoms with van der Waals surface area (Å²) in [5.41, 5.74) is 1.97. The predicted octanol–water partition coefficient (Wildman–Crippen LogP) is 3.85. The molecule has 5 rings (SSSR count). The topological polar surface area (TPSA) is 91.2 Å². The molecular weight excluding hydrogens is 380 g/mol. The number of carbonyl (C=O) groups excluding carboxylic acids is 3. The van der Waals surface area contributed by atoms with E-state index in [1.807, 2.05) is 42.5 Å². The Balaban J connectivity index is 1.20. The summed E-state index contributed by atoms with van der Waals surface area (Å²) in [4.78, 5) is 38.9. The second-order valence-electron chi connectivity index (χ2n) is 7.89. The SMILES string of the molecule is O=C(CN1C(=O)C2C3C=CC(C3)C2C1=O)Nc1ccc(N=Nc2ccccc2)cc1. The number of nitrogens with zero attached hydrogens (tertiary/aromatic N) is 3. The standard InChI is InChI=1S/C23H20N4O3/c28-19(13-27-22(29)20-14-6-7-15(12-14)21(20)23(27)30)24-16-8-10-18(11-9-16)26-25-17-4-2-1-3-5-17/h1-11,14-15,20-21H,12-13H2,(H,24,28). The van der Waals surface area contributed by atoms with Gasteiger partial charge in [-0.3, -0.25) is 19.3 Å². The first-order valence-electron chi connectivity index (χ1n) is 10.0. The largest absolute Gasteiger partial charge is 0.325 e. The van der Waals surface area contributed by atoms with Gasteiger partial charge in [-0.1, -0.05) is 30.4 Å². The maximum Gasteiger partial charge on any atom is 0.244 e. The van der Waals surface area contributed by atoms with E-state index in [9.17, 15) is 14.4 Å². The maximum absolute atomic E-state index is 12.7. The average Bonchev–Trinajstić information content (AvgIpc) is 3.44. The van der Waals surface area contributed by atoms with Crippen molar-refractivity contribution in [2.24, 2.45) is 33.9 Å². The summed E-state index contributed by atoms with van der Waals surface area (Å²) >= 11 is 0. The quantitative estimate of drug-likeness (QED) is 0.469. The number of hydrogen-bond donors (Lipinski definition) is 1. The Bertz CT molecular complexity index is 1030. The molecule has 150 valence electrons. The van der Waals surface area contributed by atoms with Crippen LogP contribution in [0.2, 0.25) is 0 Å². The zero-order valence-electron chi connectivity index (χ0n) is 16.1. The second kappa shape index (κ2) is 7.33. The molecule has 4 atom stereocenters. The molecule has 1 N–H and O–H groups in total. The van der Waals surface area contributed by atoms with Crippen molar-refractivity contribution < 1.29 is 14.4 Å². The van der Waals surface area contributed by atoms with Crippen LogP contribution in [0, 0.1) is 23.7 Å². The number of carbonyl (C=O) groups is 3. The van der Waals surface area contributed by atoms with Gasteiger partial charge in [-0.25, -0.2) is 0 Å². The van der Waals surface area contributed by atoms with E-state index in [2.05, 4.69) is 15.5 Å². The van der Waals surface area contributed by atoms with Crippen LogP contribution in [0.4, 0.5) is 17.1 Å². The molecule has 1 saturated heterocycles. The van der Waals surface area contributed by atoms with E-state index in [4.69, 9.17) is 0 Å². The van der Waals surface area contributed by atoms with Crippen molar-refractivity contribution in [3.05, 3.63) is 66.7 Å². The first kappa shape index (κ1) is 18.4. The third kappa shape index (κ3) is 3.22. The normalized spacial score (nSPS) is 26.6. The maximum atomic E-state index is 12.7. The highest BCUT2D eigenvalue weighted by molar-refractivity contribution is 6.09. The molecule has 2 bridgehead atoms. The van der Waals surface area contributed by atoms with Crippen LogP contribution in [-0.2, 0) is 14.4 Å². The smallest absolute Gasteiger partial charge is 0.244 e. The Morgan fingerprint density at radius 1 is 0.867 bits per heavy atom. The summed E-state index contributed by atoms with van der Waals surface area (Å²) in [6, 6.07) is 16.3. The molecule has 0 radical (unpaired) electrons. The molecule has 2 fully saturated rings. The second-order valence-corrected chi connectivity index (χ2v) is 7.89. The number of fused-ring (bicyclic) bond motifs is 5. The molecule has 4 unspecified atom stereocenters. The minimum absolute atomic E-state index is 0.141. The summed E-state index contributed by atoms with van der Waals surface area (Å²) in [6.07, 6.45) is 4.95. The van der Waals surface area contributed by atoms with Crippen LogP contribution in [0.15, 0.2) is 77.0 Å². The summed E-state index contributed by atoms with van der Waals surface area (Å²) in [7, 11) is 0. The number of anilines is 1. The molecule has 1 saturated carbocycles. The van der Waals surface area contributed by atoms with Gasteiger partial charge in [0.25, 0.3) is 0 Å². The first-order chi connectivity index (χ1) is 14.6. The lowest BCUT2D eigenvalue weighted by Gasteiger charge is -2.16. The van der Waals surface area contributed by atoms with Crippen LogP contribution in [0.5, 0.6) is 0 Å². The van der Waals surface area contributed by atoms with E-state index in [1.54, 1.807) is 24.3 Å². The van der Waals surface area contributed by atoms with E-state index in [-0.39, 0.29) is 42.0 Å². The van der Waals surface area contributed by atoms with Crippen molar-refractivity contribution >= 4 is 34.8 Å². The Labute approximate surface area is 173 Å². The molecule has 1 heterocycles. The third-order valence-corrected chi connectivity index (χ3v) is 6.05. The van der Waals surface area contributed by atoms with Crippen LogP contribution >= 0.6 is 0 Å². The van der Waals surface area contributed by atoms with Crippen LogP contribution < -0.4 is 5.32 Å². The predicted molar refractivity (Wildman–Crippen MR) is 110 cm³/mol. The van der Waals surface area contributed by atoms with Gasteiger partial charge < -0.3 is 5.32 Å². The van der Waals surface area contributed by atoms with E-state index < -0.39 is 5.91 Å². The zero-order valence-corrected chi connectivity index (χ0v) is 16.1. The fraction of sp³-hybridized carbons (Fsp3) is 0.261. The van der Waals surface area contributed by atoms with Gasteiger partial charge in [-0.15, -0.1) is 0 Å². The molecule has 2 aromatic carbocycles. The number of hydrogen-bond acceptors (Lipinski definition) is 5. The lowest BCUT2D eigenvalue weighted by Crippen LogP contribution is -2.39. The van der Waals surface area contributed by atoms with Gasteiger partial charge in [0.2, 0.25) is 17.7 Å². The Morgan fingerprint density at radius 3 is 2.03 bits per heavy atom. The zero-order chi connectivity index (χ0) is 20.7. The van der Waals surface area contributed by atoms with Gasteiger partial charge >= 0.3 is 0 Å². The number of nitrogens with one attached hydrogen (secondary N) is 1. The van der Waals surface area contributed by atoms with Crippen LogP contribution in [0.25, 0.3) is 0 Å². The van der Waals surface area contributed by atoms with Gasteiger partial charge in [0, 0.05) is 5.69 Å². The highest BCUT2D eigenvalue weighted by Crippen LogP contribution is 2.52. The number of rotatable bonds is 5. The Kier molecular flexibility index (Phi) is 4.50. The van der Waals surface area contributed by atoms with Gasteiger partial charge in [0.15, 0.2) is 0 Å². The van der Waals surface area contributed by atoms with Crippen LogP contribution in [0.3, 0.4) is 0 Å². The number of azo groups is 1. The molecule has 3 aliphatic rings. The molecule has 1 aliphatic heterocycles. The van der Waals surface area contributed by atoms with Crippen LogP contribution in [-0.4, -0.2) is 29.2 Å². The molecule has 30 heavy (non-hydrogen) atoms. The fourth-order valence-electron chi connectivity index (χ4n) is 4.69. The number of likely N-dealkylation sites (tertiary alicyclic amines) is 1. The number of benzene rings is 2. The molecule has 3 amide bonds. The Morgan fingerprint density at radius 2 is 1.43 bits per heavy atom. The van der Waals surface area contributed by atoms with E-state index >= 15 is 0 Å². The van der Waals surface area contributed by atoms with Crippen molar-refractivity contribution in [1.82, 2.24) is 4.90 Å². The summed E-state index contributed by atoms with van der Waals surface area (Å²) in [5, 5.41) is 11.1. The fourth-order valence-corrected chi connectivity index (χ4v) is 4.69. The summed E-state index contributed by atoms with van der Waals surface area (Å²) in [5.74, 6) is -1.11. The Hall–Kier alpha value is -3.61. The third-order valence-electron chi connectivity index (χ3n) is 6.05. The van der Waals surface area contributed by atoms with E-state index in [0.29, 0.717) is 11.4 Å².